The van der Waals surface area contributed by atoms with Gasteiger partial charge in [0, 0.05) is 24.3 Å². The molecule has 28 heavy (non-hydrogen) atoms. The Kier molecular flexibility index (Phi) is 6.84. The van der Waals surface area contributed by atoms with Gasteiger partial charge in [-0.3, -0.25) is 4.79 Å². The summed E-state index contributed by atoms with van der Waals surface area (Å²) in [5.74, 6) is -0.640. The van der Waals surface area contributed by atoms with Gasteiger partial charge in [0.1, 0.15) is 5.75 Å². The van der Waals surface area contributed by atoms with Crippen LogP contribution in [0.15, 0.2) is 42.5 Å². The fraction of sp³-hybridized carbons (Fsp3) is 0.391. The van der Waals surface area contributed by atoms with E-state index in [1.807, 2.05) is 18.2 Å². The summed E-state index contributed by atoms with van der Waals surface area (Å²) >= 11 is 0. The van der Waals surface area contributed by atoms with Crippen molar-refractivity contribution in [2.75, 3.05) is 24.6 Å². The Morgan fingerprint density at radius 1 is 0.964 bits per heavy atom. The predicted molar refractivity (Wildman–Crippen MR) is 112 cm³/mol. The monoisotopic (exact) mass is 383 g/mol. The number of nitrogens with zero attached hydrogens (tertiary/aromatic N) is 1. The van der Waals surface area contributed by atoms with Crippen molar-refractivity contribution in [3.05, 3.63) is 59.2 Å². The quantitative estimate of drug-likeness (QED) is 0.664. The first-order chi connectivity index (χ1) is 13.2. The van der Waals surface area contributed by atoms with Crippen LogP contribution in [0, 0.1) is 0 Å². The van der Waals surface area contributed by atoms with Gasteiger partial charge in [0.25, 0.3) is 0 Å². The van der Waals surface area contributed by atoms with Crippen LogP contribution in [-0.2, 0) is 5.41 Å². The molecule has 2 aromatic rings. The number of aromatic carboxylic acids is 1. The Morgan fingerprint density at radius 2 is 1.54 bits per heavy atom. The average Bonchev–Trinajstić information content (AvgIpc) is 2.66. The number of anilines is 1. The lowest BCUT2D eigenvalue weighted by Crippen LogP contribution is -2.26. The number of ketones is 1. The van der Waals surface area contributed by atoms with Crippen molar-refractivity contribution in [1.29, 1.82) is 0 Å². The molecular weight excluding hydrogens is 354 g/mol. The van der Waals surface area contributed by atoms with Crippen LogP contribution >= 0.6 is 0 Å². The summed E-state index contributed by atoms with van der Waals surface area (Å²) in [5.41, 5.74) is 2.98. The van der Waals surface area contributed by atoms with Crippen LogP contribution in [0.1, 0.15) is 60.9 Å². The van der Waals surface area contributed by atoms with Gasteiger partial charge in [0.2, 0.25) is 0 Å². The summed E-state index contributed by atoms with van der Waals surface area (Å²) in [6.45, 7) is 12.4. The first-order valence-corrected chi connectivity index (χ1v) is 9.56. The van der Waals surface area contributed by atoms with E-state index in [9.17, 15) is 9.59 Å². The summed E-state index contributed by atoms with van der Waals surface area (Å²) in [6, 6.07) is 11.9. The molecule has 0 radical (unpaired) electrons. The second-order valence-electron chi connectivity index (χ2n) is 7.70. The van der Waals surface area contributed by atoms with Crippen LogP contribution in [0.4, 0.5) is 5.69 Å². The zero-order valence-electron chi connectivity index (χ0n) is 17.3. The van der Waals surface area contributed by atoms with Crippen LogP contribution in [-0.4, -0.2) is 36.6 Å². The van der Waals surface area contributed by atoms with Crippen LogP contribution in [0.25, 0.3) is 0 Å². The van der Waals surface area contributed by atoms with Gasteiger partial charge in [-0.1, -0.05) is 20.8 Å². The molecule has 0 bridgehead atoms. The third-order valence-corrected chi connectivity index (χ3v) is 4.70. The maximum atomic E-state index is 12.7. The number of Topliss-reactive ketones (excluding diaryl/α,β-unsaturated/α-hetero) is 1. The molecule has 2 aromatic carbocycles. The maximum Gasteiger partial charge on any atom is 0.335 e. The first kappa shape index (κ1) is 21.5. The van der Waals surface area contributed by atoms with E-state index >= 15 is 0 Å². The lowest BCUT2D eigenvalue weighted by molar-refractivity contribution is 0.0696. The molecule has 0 heterocycles. The topological polar surface area (TPSA) is 66.8 Å². The fourth-order valence-corrected chi connectivity index (χ4v) is 3.08. The maximum absolute atomic E-state index is 12.7. The average molecular weight is 383 g/mol. The zero-order chi connectivity index (χ0) is 20.9. The molecule has 5 nitrogen and oxygen atoms in total. The highest BCUT2D eigenvalue weighted by Gasteiger charge is 2.22. The van der Waals surface area contributed by atoms with Gasteiger partial charge in [-0.05, 0) is 67.3 Å². The number of hydrogen-bond acceptors (Lipinski definition) is 4. The SMILES string of the molecule is CCN(CC)c1ccc(C(=O)COc2ccc(C(=O)O)cc2)cc1C(C)(C)C. The number of carboxylic acid groups (broad SMARTS) is 1. The molecule has 0 atom stereocenters. The van der Waals surface area contributed by atoms with Crippen LogP contribution in [0.5, 0.6) is 5.75 Å². The van der Waals surface area contributed by atoms with Crippen molar-refractivity contribution in [2.45, 2.75) is 40.0 Å². The van der Waals surface area contributed by atoms with E-state index in [1.165, 1.54) is 12.1 Å². The summed E-state index contributed by atoms with van der Waals surface area (Å²) in [7, 11) is 0. The molecule has 0 saturated carbocycles. The van der Waals surface area contributed by atoms with Gasteiger partial charge in [-0.25, -0.2) is 4.79 Å². The minimum atomic E-state index is -0.995. The standard InChI is InChI=1S/C23H29NO4/c1-6-24(7-2)20-13-10-17(14-19(20)23(3,4)5)21(25)15-28-18-11-8-16(9-12-18)22(26)27/h8-14H,6-7,15H2,1-5H3,(H,26,27). The largest absolute Gasteiger partial charge is 0.485 e. The van der Waals surface area contributed by atoms with Gasteiger partial charge in [0.15, 0.2) is 12.4 Å². The van der Waals surface area contributed by atoms with Gasteiger partial charge in [-0.2, -0.15) is 0 Å². The summed E-state index contributed by atoms with van der Waals surface area (Å²) in [4.78, 5) is 25.8. The summed E-state index contributed by atoms with van der Waals surface area (Å²) < 4.78 is 5.55. The van der Waals surface area contributed by atoms with E-state index in [-0.39, 0.29) is 23.4 Å². The van der Waals surface area contributed by atoms with E-state index < -0.39 is 5.97 Å². The summed E-state index contributed by atoms with van der Waals surface area (Å²) in [5, 5.41) is 8.93. The number of carboxylic acids is 1. The number of rotatable bonds is 8. The molecule has 5 heteroatoms. The normalized spacial score (nSPS) is 11.2. The van der Waals surface area contributed by atoms with E-state index in [4.69, 9.17) is 9.84 Å². The molecule has 0 unspecified atom stereocenters. The first-order valence-electron chi connectivity index (χ1n) is 9.56. The minimum absolute atomic E-state index is 0.0955. The molecule has 0 fully saturated rings. The molecule has 0 aliphatic heterocycles. The number of ether oxygens (including phenoxy) is 1. The molecule has 1 N–H and O–H groups in total. The number of hydrogen-bond donors (Lipinski definition) is 1. The van der Waals surface area contributed by atoms with E-state index in [0.717, 1.165) is 24.3 Å². The van der Waals surface area contributed by atoms with Crippen LogP contribution in [0.3, 0.4) is 0 Å². The minimum Gasteiger partial charge on any atom is -0.485 e. The smallest absolute Gasteiger partial charge is 0.335 e. The highest BCUT2D eigenvalue weighted by molar-refractivity contribution is 5.98. The van der Waals surface area contributed by atoms with E-state index in [2.05, 4.69) is 39.5 Å². The van der Waals surface area contributed by atoms with Gasteiger partial charge >= 0.3 is 5.97 Å². The number of carbonyl (C=O) groups is 2. The van der Waals surface area contributed by atoms with Gasteiger partial charge in [-0.15, -0.1) is 0 Å². The molecule has 0 aromatic heterocycles. The highest BCUT2D eigenvalue weighted by Crippen LogP contribution is 2.33. The summed E-state index contributed by atoms with van der Waals surface area (Å²) in [6.07, 6.45) is 0. The Bertz CT molecular complexity index is 831. The lowest BCUT2D eigenvalue weighted by atomic mass is 9.84. The van der Waals surface area contributed by atoms with Crippen molar-refractivity contribution in [2.24, 2.45) is 0 Å². The molecule has 0 amide bonds. The number of benzene rings is 2. The zero-order valence-corrected chi connectivity index (χ0v) is 17.3. The van der Waals surface area contributed by atoms with Crippen LogP contribution < -0.4 is 9.64 Å². The van der Waals surface area contributed by atoms with E-state index in [0.29, 0.717) is 11.3 Å². The third-order valence-electron chi connectivity index (χ3n) is 4.70. The fourth-order valence-electron chi connectivity index (χ4n) is 3.08. The number of carbonyl (C=O) groups excluding carboxylic acids is 1. The third kappa shape index (κ3) is 5.12. The van der Waals surface area contributed by atoms with E-state index in [1.54, 1.807) is 12.1 Å². The second-order valence-corrected chi connectivity index (χ2v) is 7.70. The molecule has 2 rings (SSSR count). The Labute approximate surface area is 166 Å². The van der Waals surface area contributed by atoms with Gasteiger partial charge < -0.3 is 14.7 Å². The second kappa shape index (κ2) is 8.91. The highest BCUT2D eigenvalue weighted by atomic mass is 16.5. The van der Waals surface area contributed by atoms with Crippen LogP contribution in [0.2, 0.25) is 0 Å². The molecule has 0 aliphatic rings. The molecule has 0 saturated heterocycles. The van der Waals surface area contributed by atoms with Crippen molar-refractivity contribution >= 4 is 17.4 Å². The predicted octanol–water partition coefficient (Wildman–Crippen LogP) is 4.79. The molecule has 0 aliphatic carbocycles. The van der Waals surface area contributed by atoms with Crippen molar-refractivity contribution in [3.8, 4) is 5.75 Å². The van der Waals surface area contributed by atoms with Crippen molar-refractivity contribution in [1.82, 2.24) is 0 Å². The molecule has 150 valence electrons. The van der Waals surface area contributed by atoms with Gasteiger partial charge in [0.05, 0.1) is 5.56 Å². The molecule has 0 spiro atoms. The van der Waals surface area contributed by atoms with Crippen molar-refractivity contribution in [3.63, 3.8) is 0 Å². The van der Waals surface area contributed by atoms with Crippen molar-refractivity contribution < 1.29 is 19.4 Å². The Hall–Kier alpha value is -2.82. The molecular formula is C23H29NO4. The Morgan fingerprint density at radius 3 is 2.04 bits per heavy atom. The lowest BCUT2D eigenvalue weighted by Gasteiger charge is -2.30. The Balaban J connectivity index is 2.19.